The maximum Gasteiger partial charge on any atom is 0.128 e. The van der Waals surface area contributed by atoms with E-state index in [1.54, 1.807) is 6.20 Å². The second-order valence-electron chi connectivity index (χ2n) is 4.25. The molecule has 1 N–H and O–H groups in total. The van der Waals surface area contributed by atoms with E-state index in [0.717, 1.165) is 23.0 Å². The molecule has 0 aromatic carbocycles. The molecular weight excluding hydrogens is 226 g/mol. The van der Waals surface area contributed by atoms with Gasteiger partial charge in [0, 0.05) is 20.3 Å². The first-order valence-electron chi connectivity index (χ1n) is 5.81. The quantitative estimate of drug-likeness (QED) is 0.888. The van der Waals surface area contributed by atoms with E-state index < -0.39 is 0 Å². The minimum absolute atomic E-state index is 0.673. The van der Waals surface area contributed by atoms with Crippen LogP contribution in [0.2, 0.25) is 0 Å². The number of aromatic nitrogens is 3. The minimum atomic E-state index is 0.673. The molecule has 0 amide bonds. The molecule has 0 bridgehead atoms. The van der Waals surface area contributed by atoms with Gasteiger partial charge in [-0.15, -0.1) is 0 Å². The molecule has 0 saturated heterocycles. The van der Waals surface area contributed by atoms with Crippen molar-refractivity contribution in [1.29, 1.82) is 0 Å². The first-order chi connectivity index (χ1) is 8.65. The van der Waals surface area contributed by atoms with Crippen molar-refractivity contribution in [3.05, 3.63) is 42.1 Å². The average Bonchev–Trinajstić information content (AvgIpc) is 2.37. The van der Waals surface area contributed by atoms with Gasteiger partial charge in [-0.25, -0.2) is 15.0 Å². The number of hydrogen-bond donors (Lipinski definition) is 1. The Morgan fingerprint density at radius 1 is 1.17 bits per heavy atom. The van der Waals surface area contributed by atoms with Crippen LogP contribution in [0, 0.1) is 6.92 Å². The molecular formula is C13H17N5. The maximum absolute atomic E-state index is 4.34. The molecule has 2 aromatic heterocycles. The van der Waals surface area contributed by atoms with Gasteiger partial charge in [-0.1, -0.05) is 0 Å². The molecule has 94 valence electrons. The Morgan fingerprint density at radius 2 is 2.00 bits per heavy atom. The monoisotopic (exact) mass is 243 g/mol. The van der Waals surface area contributed by atoms with Crippen LogP contribution in [0.5, 0.6) is 0 Å². The predicted octanol–water partition coefficient (Wildman–Crippen LogP) is 1.86. The molecule has 0 unspecified atom stereocenters. The lowest BCUT2D eigenvalue weighted by Gasteiger charge is -2.12. The number of hydrogen-bond acceptors (Lipinski definition) is 5. The summed E-state index contributed by atoms with van der Waals surface area (Å²) in [6.45, 7) is 2.56. The van der Waals surface area contributed by atoms with E-state index >= 15 is 0 Å². The fourth-order valence-electron chi connectivity index (χ4n) is 1.55. The van der Waals surface area contributed by atoms with Crippen molar-refractivity contribution in [1.82, 2.24) is 15.0 Å². The fraction of sp³-hybridized carbons (Fsp3) is 0.308. The molecule has 0 fully saturated rings. The summed E-state index contributed by atoms with van der Waals surface area (Å²) < 4.78 is 0. The van der Waals surface area contributed by atoms with Crippen LogP contribution in [0.25, 0.3) is 0 Å². The van der Waals surface area contributed by atoms with Crippen LogP contribution < -0.4 is 10.2 Å². The van der Waals surface area contributed by atoms with E-state index in [4.69, 9.17) is 0 Å². The van der Waals surface area contributed by atoms with Crippen LogP contribution >= 0.6 is 0 Å². The van der Waals surface area contributed by atoms with Crippen molar-refractivity contribution in [3.63, 3.8) is 0 Å². The van der Waals surface area contributed by atoms with Crippen LogP contribution in [-0.4, -0.2) is 29.0 Å². The van der Waals surface area contributed by atoms with Crippen molar-refractivity contribution >= 4 is 11.5 Å². The minimum Gasteiger partial charge on any atom is -0.378 e. The summed E-state index contributed by atoms with van der Waals surface area (Å²) in [5.41, 5.74) is 1.95. The lowest BCUT2D eigenvalue weighted by Crippen LogP contribution is -2.10. The Hall–Kier alpha value is -2.17. The van der Waals surface area contributed by atoms with E-state index in [-0.39, 0.29) is 0 Å². The van der Waals surface area contributed by atoms with Gasteiger partial charge >= 0.3 is 0 Å². The van der Waals surface area contributed by atoms with E-state index in [2.05, 4.69) is 20.3 Å². The van der Waals surface area contributed by atoms with Crippen LogP contribution in [0.1, 0.15) is 11.5 Å². The van der Waals surface area contributed by atoms with Crippen molar-refractivity contribution in [2.45, 2.75) is 13.5 Å². The number of pyridine rings is 1. The van der Waals surface area contributed by atoms with Gasteiger partial charge in [0.15, 0.2) is 0 Å². The third-order valence-corrected chi connectivity index (χ3v) is 2.51. The van der Waals surface area contributed by atoms with E-state index in [9.17, 15) is 0 Å². The lowest BCUT2D eigenvalue weighted by atomic mass is 10.3. The normalized spacial score (nSPS) is 10.2. The molecule has 5 nitrogen and oxygen atoms in total. The molecule has 0 radical (unpaired) electrons. The fourth-order valence-corrected chi connectivity index (χ4v) is 1.55. The Labute approximate surface area is 107 Å². The summed E-state index contributed by atoms with van der Waals surface area (Å²) in [4.78, 5) is 14.7. The summed E-state index contributed by atoms with van der Waals surface area (Å²) in [6, 6.07) is 5.89. The number of anilines is 2. The topological polar surface area (TPSA) is 53.9 Å². The summed E-state index contributed by atoms with van der Waals surface area (Å²) >= 11 is 0. The highest BCUT2D eigenvalue weighted by atomic mass is 15.1. The van der Waals surface area contributed by atoms with E-state index in [1.807, 2.05) is 50.3 Å². The van der Waals surface area contributed by atoms with Gasteiger partial charge < -0.3 is 10.2 Å². The molecule has 0 aliphatic carbocycles. The first-order valence-corrected chi connectivity index (χ1v) is 5.81. The first kappa shape index (κ1) is 12.3. The number of nitrogens with one attached hydrogen (secondary N) is 1. The summed E-state index contributed by atoms with van der Waals surface area (Å²) in [7, 11) is 3.94. The molecule has 2 aromatic rings. The zero-order valence-electron chi connectivity index (χ0n) is 10.9. The smallest absolute Gasteiger partial charge is 0.128 e. The number of nitrogens with zero attached hydrogens (tertiary/aromatic N) is 4. The third-order valence-electron chi connectivity index (χ3n) is 2.51. The van der Waals surface area contributed by atoms with Crippen molar-refractivity contribution < 1.29 is 0 Å². The average molecular weight is 243 g/mol. The summed E-state index contributed by atoms with van der Waals surface area (Å²) in [5, 5.41) is 3.28. The second kappa shape index (κ2) is 5.44. The molecule has 2 rings (SSSR count). The molecule has 0 saturated carbocycles. The molecule has 0 aliphatic rings. The van der Waals surface area contributed by atoms with Gasteiger partial charge in [0.25, 0.3) is 0 Å². The summed E-state index contributed by atoms with van der Waals surface area (Å²) in [6.07, 6.45) is 3.59. The Morgan fingerprint density at radius 3 is 2.61 bits per heavy atom. The highest BCUT2D eigenvalue weighted by Crippen LogP contribution is 2.12. The van der Waals surface area contributed by atoms with Gasteiger partial charge in [-0.05, 0) is 25.1 Å². The van der Waals surface area contributed by atoms with E-state index in [0.29, 0.717) is 6.54 Å². The standard InChI is InChI=1S/C13H17N5/c1-10-14-7-6-12(17-10)9-15-11-4-5-13(16-8-11)18(2)3/h4-8,15H,9H2,1-3H3. The Kier molecular flexibility index (Phi) is 3.72. The SMILES string of the molecule is Cc1nccc(CNc2ccc(N(C)C)nc2)n1. The lowest BCUT2D eigenvalue weighted by molar-refractivity contribution is 0.953. The molecule has 0 aliphatic heterocycles. The molecule has 2 heterocycles. The third kappa shape index (κ3) is 3.16. The van der Waals surface area contributed by atoms with Gasteiger partial charge in [0.2, 0.25) is 0 Å². The highest BCUT2D eigenvalue weighted by molar-refractivity contribution is 5.47. The highest BCUT2D eigenvalue weighted by Gasteiger charge is 1.99. The number of rotatable bonds is 4. The van der Waals surface area contributed by atoms with Crippen LogP contribution in [0.4, 0.5) is 11.5 Å². The largest absolute Gasteiger partial charge is 0.378 e. The van der Waals surface area contributed by atoms with Gasteiger partial charge in [-0.2, -0.15) is 0 Å². The van der Waals surface area contributed by atoms with Crippen molar-refractivity contribution in [2.75, 3.05) is 24.3 Å². The zero-order valence-corrected chi connectivity index (χ0v) is 10.9. The second-order valence-corrected chi connectivity index (χ2v) is 4.25. The predicted molar refractivity (Wildman–Crippen MR) is 72.7 cm³/mol. The Balaban J connectivity index is 1.98. The van der Waals surface area contributed by atoms with Crippen LogP contribution in [0.3, 0.4) is 0 Å². The molecule has 0 atom stereocenters. The molecule has 18 heavy (non-hydrogen) atoms. The van der Waals surface area contributed by atoms with Crippen molar-refractivity contribution in [3.8, 4) is 0 Å². The molecule has 5 heteroatoms. The summed E-state index contributed by atoms with van der Waals surface area (Å²) in [5.74, 6) is 1.73. The zero-order chi connectivity index (χ0) is 13.0. The van der Waals surface area contributed by atoms with Gasteiger partial charge in [0.05, 0.1) is 24.1 Å². The van der Waals surface area contributed by atoms with Gasteiger partial charge in [-0.3, -0.25) is 0 Å². The Bertz CT molecular complexity index is 507. The van der Waals surface area contributed by atoms with E-state index in [1.165, 1.54) is 0 Å². The maximum atomic E-state index is 4.34. The van der Waals surface area contributed by atoms with Crippen LogP contribution in [0.15, 0.2) is 30.6 Å². The van der Waals surface area contributed by atoms with Gasteiger partial charge in [0.1, 0.15) is 11.6 Å². The molecule has 0 spiro atoms. The number of aryl methyl sites for hydroxylation is 1. The van der Waals surface area contributed by atoms with Crippen LogP contribution in [-0.2, 0) is 6.54 Å². The van der Waals surface area contributed by atoms with Crippen molar-refractivity contribution in [2.24, 2.45) is 0 Å².